The number of hydrogen-bond acceptors (Lipinski definition) is 1. The van der Waals surface area contributed by atoms with Gasteiger partial charge in [0.25, 0.3) is 0 Å². The lowest BCUT2D eigenvalue weighted by Crippen LogP contribution is -2.28. The molecule has 4 aliphatic carbocycles. The number of nitriles is 1. The molecule has 0 amide bonds. The fourth-order valence-corrected chi connectivity index (χ4v) is 6.27. The van der Waals surface area contributed by atoms with Gasteiger partial charge in [0.15, 0.2) is 0 Å². The van der Waals surface area contributed by atoms with Crippen LogP contribution in [0.25, 0.3) is 0 Å². The molecule has 4 bridgehead atoms. The van der Waals surface area contributed by atoms with Crippen molar-refractivity contribution in [1.29, 1.82) is 5.26 Å². The molecule has 34 heavy (non-hydrogen) atoms. The van der Waals surface area contributed by atoms with Crippen LogP contribution in [0.2, 0.25) is 0 Å². The van der Waals surface area contributed by atoms with Crippen LogP contribution in [0.5, 0.6) is 0 Å². The number of hydrogen-bond donors (Lipinski definition) is 0. The molecule has 0 aromatic heterocycles. The maximum atomic E-state index is 8.93. The minimum absolute atomic E-state index is 0.392. The molecule has 0 aromatic carbocycles. The SMILES string of the molecule is CC(C)(C)C.CC(C)(C)C.CC(C)(C)C1CC2C=CC1C2.CC(C)(C)C1CC2CC1CC2C#N. The molecular formula is C33H61N. The second-order valence-electron chi connectivity index (χ2n) is 17.2. The molecule has 4 aliphatic rings. The lowest BCUT2D eigenvalue weighted by Gasteiger charge is -2.35. The second-order valence-corrected chi connectivity index (χ2v) is 17.2. The summed E-state index contributed by atoms with van der Waals surface area (Å²) in [7, 11) is 0. The Morgan fingerprint density at radius 3 is 1.26 bits per heavy atom. The second kappa shape index (κ2) is 11.5. The Balaban J connectivity index is 0.000000249. The predicted octanol–water partition coefficient (Wildman–Crippen LogP) is 10.6. The third-order valence-electron chi connectivity index (χ3n) is 7.53. The molecule has 198 valence electrons. The maximum absolute atomic E-state index is 8.93. The lowest BCUT2D eigenvalue weighted by atomic mass is 9.70. The average Bonchev–Trinajstić information content (AvgIpc) is 3.37. The first-order chi connectivity index (χ1) is 15.1. The Morgan fingerprint density at radius 1 is 0.559 bits per heavy atom. The summed E-state index contributed by atoms with van der Waals surface area (Å²) >= 11 is 0. The van der Waals surface area contributed by atoms with Crippen molar-refractivity contribution in [2.75, 3.05) is 0 Å². The van der Waals surface area contributed by atoms with E-state index in [1.165, 1.54) is 32.1 Å². The summed E-state index contributed by atoms with van der Waals surface area (Å²) in [6.07, 6.45) is 11.6. The summed E-state index contributed by atoms with van der Waals surface area (Å²) in [6, 6.07) is 2.47. The van der Waals surface area contributed by atoms with Gasteiger partial charge in [-0.1, -0.05) is 109 Å². The van der Waals surface area contributed by atoms with Gasteiger partial charge in [-0.15, -0.1) is 0 Å². The van der Waals surface area contributed by atoms with Gasteiger partial charge in [0, 0.05) is 5.92 Å². The molecule has 4 rings (SSSR count). The standard InChI is InChI=1S/C12H19N.C11H18.2C5H12/c1-12(2,3)11-6-8-4-9(11)5-10(8)7-13;1-11(2,3)10-7-8-4-5-9(10)6-8;2*1-5(2,3)4/h8-11H,4-6H2,1-3H3;4-5,8-10H,6-7H2,1-3H3;2*1-4H3. The Labute approximate surface area is 215 Å². The van der Waals surface area contributed by atoms with E-state index < -0.39 is 0 Å². The maximum Gasteiger partial charge on any atom is 0.0658 e. The van der Waals surface area contributed by atoms with Crippen LogP contribution in [0.15, 0.2) is 12.2 Å². The minimum atomic E-state index is 0.392. The molecule has 3 fully saturated rings. The molecule has 7 atom stereocenters. The molecule has 0 saturated heterocycles. The quantitative estimate of drug-likeness (QED) is 0.322. The molecule has 0 aliphatic heterocycles. The average molecular weight is 472 g/mol. The van der Waals surface area contributed by atoms with Crippen LogP contribution in [0.3, 0.4) is 0 Å². The highest BCUT2D eigenvalue weighted by Gasteiger charge is 2.49. The van der Waals surface area contributed by atoms with E-state index in [-0.39, 0.29) is 0 Å². The van der Waals surface area contributed by atoms with Crippen LogP contribution in [0.4, 0.5) is 0 Å². The number of allylic oxidation sites excluding steroid dienone is 2. The van der Waals surface area contributed by atoms with E-state index in [1.54, 1.807) is 0 Å². The molecule has 0 aromatic rings. The van der Waals surface area contributed by atoms with Gasteiger partial charge in [0.05, 0.1) is 6.07 Å². The van der Waals surface area contributed by atoms with Gasteiger partial charge < -0.3 is 0 Å². The molecule has 0 radical (unpaired) electrons. The summed E-state index contributed by atoms with van der Waals surface area (Å²) in [5, 5.41) is 8.93. The predicted molar refractivity (Wildman–Crippen MR) is 151 cm³/mol. The monoisotopic (exact) mass is 471 g/mol. The van der Waals surface area contributed by atoms with E-state index in [9.17, 15) is 0 Å². The van der Waals surface area contributed by atoms with Crippen molar-refractivity contribution in [3.05, 3.63) is 12.2 Å². The van der Waals surface area contributed by atoms with Gasteiger partial charge in [-0.2, -0.15) is 5.26 Å². The highest BCUT2D eigenvalue weighted by molar-refractivity contribution is 5.11. The third-order valence-corrected chi connectivity index (χ3v) is 7.53. The zero-order valence-electron chi connectivity index (χ0n) is 25.7. The minimum Gasteiger partial charge on any atom is -0.198 e. The summed E-state index contributed by atoms with van der Waals surface area (Å²) < 4.78 is 0. The van der Waals surface area contributed by atoms with E-state index in [0.717, 1.165) is 35.5 Å². The molecular weight excluding hydrogens is 410 g/mol. The molecule has 0 N–H and O–H groups in total. The molecule has 0 heterocycles. The Kier molecular flexibility index (Phi) is 10.6. The Bertz CT molecular complexity index is 655. The van der Waals surface area contributed by atoms with Crippen LogP contribution < -0.4 is 0 Å². The van der Waals surface area contributed by atoms with Gasteiger partial charge in [-0.3, -0.25) is 0 Å². The number of fused-ring (bicyclic) bond motifs is 4. The van der Waals surface area contributed by atoms with Crippen LogP contribution in [-0.4, -0.2) is 0 Å². The van der Waals surface area contributed by atoms with Crippen LogP contribution in [0, 0.1) is 74.4 Å². The molecule has 0 spiro atoms. The molecule has 1 nitrogen and oxygen atoms in total. The van der Waals surface area contributed by atoms with E-state index in [0.29, 0.717) is 27.6 Å². The van der Waals surface area contributed by atoms with Crippen molar-refractivity contribution >= 4 is 0 Å². The lowest BCUT2D eigenvalue weighted by molar-refractivity contribution is 0.148. The van der Waals surface area contributed by atoms with E-state index >= 15 is 0 Å². The Morgan fingerprint density at radius 2 is 1.03 bits per heavy atom. The summed E-state index contributed by atoms with van der Waals surface area (Å²) in [4.78, 5) is 0. The molecule has 3 saturated carbocycles. The van der Waals surface area contributed by atoms with Gasteiger partial charge in [0.2, 0.25) is 0 Å². The smallest absolute Gasteiger partial charge is 0.0658 e. The van der Waals surface area contributed by atoms with Gasteiger partial charge in [0.1, 0.15) is 0 Å². The van der Waals surface area contributed by atoms with E-state index in [1.807, 2.05) is 0 Å². The van der Waals surface area contributed by atoms with E-state index in [4.69, 9.17) is 5.26 Å². The van der Waals surface area contributed by atoms with Crippen LogP contribution in [-0.2, 0) is 0 Å². The number of nitrogens with zero attached hydrogens (tertiary/aromatic N) is 1. The summed E-state index contributed by atoms with van der Waals surface area (Å²) in [5.41, 5.74) is 1.99. The van der Waals surface area contributed by atoms with Crippen molar-refractivity contribution in [3.8, 4) is 6.07 Å². The highest BCUT2D eigenvalue weighted by atomic mass is 14.5. The fourth-order valence-electron chi connectivity index (χ4n) is 6.27. The van der Waals surface area contributed by atoms with Crippen molar-refractivity contribution in [2.24, 2.45) is 63.1 Å². The topological polar surface area (TPSA) is 23.8 Å². The number of rotatable bonds is 0. The van der Waals surface area contributed by atoms with Crippen LogP contribution in [0.1, 0.15) is 129 Å². The molecule has 1 heteroatoms. The summed E-state index contributed by atoms with van der Waals surface area (Å²) in [5.74, 6) is 5.67. The first-order valence-corrected chi connectivity index (χ1v) is 14.2. The van der Waals surface area contributed by atoms with Crippen LogP contribution >= 0.6 is 0 Å². The van der Waals surface area contributed by atoms with Crippen molar-refractivity contribution in [1.82, 2.24) is 0 Å². The largest absolute Gasteiger partial charge is 0.198 e. The van der Waals surface area contributed by atoms with Gasteiger partial charge in [-0.25, -0.2) is 0 Å². The zero-order chi connectivity index (χ0) is 26.7. The van der Waals surface area contributed by atoms with Crippen molar-refractivity contribution in [3.63, 3.8) is 0 Å². The normalized spacial score (nSPS) is 33.7. The first-order valence-electron chi connectivity index (χ1n) is 14.2. The Hall–Kier alpha value is -0.770. The zero-order valence-corrected chi connectivity index (χ0v) is 25.7. The van der Waals surface area contributed by atoms with E-state index in [2.05, 4.69) is 115 Å². The first kappa shape index (κ1) is 31.3. The van der Waals surface area contributed by atoms with Gasteiger partial charge in [-0.05, 0) is 89.3 Å². The van der Waals surface area contributed by atoms with Gasteiger partial charge >= 0.3 is 0 Å². The van der Waals surface area contributed by atoms with Crippen molar-refractivity contribution < 1.29 is 0 Å². The highest BCUT2D eigenvalue weighted by Crippen LogP contribution is 2.56. The summed E-state index contributed by atoms with van der Waals surface area (Å²) in [6.45, 7) is 31.7. The fraction of sp³-hybridized carbons (Fsp3) is 0.909. The van der Waals surface area contributed by atoms with Crippen molar-refractivity contribution in [2.45, 2.75) is 129 Å². The third kappa shape index (κ3) is 11.3. The molecule has 7 unspecified atom stereocenters.